The predicted octanol–water partition coefficient (Wildman–Crippen LogP) is 4.24. The van der Waals surface area contributed by atoms with Crippen LogP contribution >= 0.6 is 0 Å². The zero-order chi connectivity index (χ0) is 17.9. The molecule has 0 aromatic carbocycles. The Morgan fingerprint density at radius 3 is 2.52 bits per heavy atom. The Bertz CT molecular complexity index is 601. The minimum Gasteiger partial charge on any atom is -0.468 e. The Kier molecular flexibility index (Phi) is 3.90. The maximum absolute atomic E-state index is 12.8. The summed E-state index contributed by atoms with van der Waals surface area (Å²) < 4.78 is 17.7. The zero-order valence-electron chi connectivity index (χ0n) is 16.2. The lowest BCUT2D eigenvalue weighted by molar-refractivity contribution is -0.285. The summed E-state index contributed by atoms with van der Waals surface area (Å²) in [6, 6.07) is 0. The summed E-state index contributed by atoms with van der Waals surface area (Å²) >= 11 is 0. The van der Waals surface area contributed by atoms with Crippen LogP contribution in [-0.4, -0.2) is 32.1 Å². The molecule has 4 aliphatic rings. The molecule has 3 atom stereocenters. The van der Waals surface area contributed by atoms with Gasteiger partial charge >= 0.3 is 5.97 Å². The Morgan fingerprint density at radius 2 is 1.84 bits per heavy atom. The molecule has 2 saturated carbocycles. The van der Waals surface area contributed by atoms with E-state index in [2.05, 4.69) is 26.8 Å². The number of carbonyl (C=O) groups is 1. The summed E-state index contributed by atoms with van der Waals surface area (Å²) in [4.78, 5) is 12.8. The lowest BCUT2D eigenvalue weighted by Gasteiger charge is -2.64. The van der Waals surface area contributed by atoms with Gasteiger partial charge in [-0.3, -0.25) is 4.79 Å². The van der Waals surface area contributed by atoms with Crippen molar-refractivity contribution in [3.05, 3.63) is 11.6 Å². The van der Waals surface area contributed by atoms with Crippen molar-refractivity contribution in [2.45, 2.75) is 71.5 Å². The smallest absolute Gasteiger partial charge is 0.315 e. The second-order valence-electron chi connectivity index (χ2n) is 9.26. The second-order valence-corrected chi connectivity index (χ2v) is 9.26. The van der Waals surface area contributed by atoms with Gasteiger partial charge in [-0.1, -0.05) is 32.4 Å². The molecule has 4 heteroatoms. The quantitative estimate of drug-likeness (QED) is 0.525. The first kappa shape index (κ1) is 17.5. The largest absolute Gasteiger partial charge is 0.468 e. The van der Waals surface area contributed by atoms with Crippen molar-refractivity contribution in [3.8, 4) is 0 Å². The molecule has 0 aromatic heterocycles. The van der Waals surface area contributed by atoms with Crippen LogP contribution in [0.5, 0.6) is 0 Å². The molecule has 4 nitrogen and oxygen atoms in total. The van der Waals surface area contributed by atoms with Gasteiger partial charge in [-0.15, -0.1) is 0 Å². The van der Waals surface area contributed by atoms with Crippen LogP contribution in [-0.2, 0) is 19.0 Å². The Morgan fingerprint density at radius 1 is 1.12 bits per heavy atom. The Labute approximate surface area is 151 Å². The van der Waals surface area contributed by atoms with Gasteiger partial charge in [-0.2, -0.15) is 0 Å². The van der Waals surface area contributed by atoms with Gasteiger partial charge in [0.2, 0.25) is 0 Å². The monoisotopic (exact) mass is 348 g/mol. The molecule has 0 amide bonds. The van der Waals surface area contributed by atoms with E-state index in [0.717, 1.165) is 44.9 Å². The third-order valence-corrected chi connectivity index (χ3v) is 8.07. The molecule has 4 rings (SSSR count). The van der Waals surface area contributed by atoms with Gasteiger partial charge in [0.25, 0.3) is 0 Å². The van der Waals surface area contributed by atoms with Crippen LogP contribution in [0.2, 0.25) is 0 Å². The van der Waals surface area contributed by atoms with Crippen molar-refractivity contribution in [3.63, 3.8) is 0 Å². The normalized spacial score (nSPS) is 41.6. The molecule has 0 aromatic rings. The van der Waals surface area contributed by atoms with E-state index >= 15 is 0 Å². The minimum atomic E-state index is -0.447. The molecule has 25 heavy (non-hydrogen) atoms. The van der Waals surface area contributed by atoms with Gasteiger partial charge in [0, 0.05) is 11.8 Å². The number of carbonyl (C=O) groups excluding carboxylic acids is 1. The van der Waals surface area contributed by atoms with Crippen molar-refractivity contribution in [2.24, 2.45) is 22.2 Å². The standard InChI is InChI=1S/C21H32O4/c1-18(2)15-8-10-20(17(22)23-4)9-6-5-7-16(20)19(15,3)11-12-21(18)24-13-14-25-21/h7,15H,5-6,8-14H2,1-4H3/t15-,19-,20-/m0/s1. The van der Waals surface area contributed by atoms with Crippen LogP contribution in [0, 0.1) is 22.2 Å². The van der Waals surface area contributed by atoms with Crippen LogP contribution in [0.1, 0.15) is 65.7 Å². The van der Waals surface area contributed by atoms with E-state index in [1.807, 2.05) is 0 Å². The number of fused-ring (bicyclic) bond motifs is 3. The van der Waals surface area contributed by atoms with Gasteiger partial charge in [-0.25, -0.2) is 0 Å². The Hall–Kier alpha value is -0.870. The van der Waals surface area contributed by atoms with E-state index < -0.39 is 11.2 Å². The van der Waals surface area contributed by atoms with Crippen LogP contribution in [0.3, 0.4) is 0 Å². The van der Waals surface area contributed by atoms with E-state index in [4.69, 9.17) is 14.2 Å². The highest BCUT2D eigenvalue weighted by molar-refractivity contribution is 5.81. The summed E-state index contributed by atoms with van der Waals surface area (Å²) in [5, 5.41) is 0. The number of hydrogen-bond donors (Lipinski definition) is 0. The van der Waals surface area contributed by atoms with Crippen LogP contribution in [0.15, 0.2) is 11.6 Å². The fraction of sp³-hybridized carbons (Fsp3) is 0.857. The first-order valence-corrected chi connectivity index (χ1v) is 9.90. The van der Waals surface area contributed by atoms with E-state index in [0.29, 0.717) is 19.1 Å². The SMILES string of the molecule is COC(=O)[C@]12CCCC=C1[C@@]1(C)CCC3(OCCO3)C(C)(C)[C@@H]1CC2. The molecule has 1 heterocycles. The number of ether oxygens (including phenoxy) is 3. The third-order valence-electron chi connectivity index (χ3n) is 8.07. The lowest BCUT2D eigenvalue weighted by Crippen LogP contribution is -2.62. The number of allylic oxidation sites excluding steroid dienone is 1. The van der Waals surface area contributed by atoms with Gasteiger partial charge in [0.1, 0.15) is 0 Å². The van der Waals surface area contributed by atoms with Gasteiger partial charge < -0.3 is 14.2 Å². The molecular weight excluding hydrogens is 316 g/mol. The van der Waals surface area contributed by atoms with Crippen molar-refractivity contribution >= 4 is 5.97 Å². The van der Waals surface area contributed by atoms with Crippen LogP contribution in [0.25, 0.3) is 0 Å². The summed E-state index contributed by atoms with van der Waals surface area (Å²) in [5.74, 6) is -0.0175. The molecule has 140 valence electrons. The minimum absolute atomic E-state index is 0.0235. The number of esters is 1. The van der Waals surface area contributed by atoms with Gasteiger partial charge in [-0.05, 0) is 49.9 Å². The molecule has 3 fully saturated rings. The first-order chi connectivity index (χ1) is 11.8. The topological polar surface area (TPSA) is 44.8 Å². The lowest BCUT2D eigenvalue weighted by atomic mass is 9.42. The summed E-state index contributed by atoms with van der Waals surface area (Å²) in [7, 11) is 1.54. The van der Waals surface area contributed by atoms with E-state index in [1.54, 1.807) is 0 Å². The van der Waals surface area contributed by atoms with Crippen LogP contribution < -0.4 is 0 Å². The summed E-state index contributed by atoms with van der Waals surface area (Å²) in [6.45, 7) is 8.41. The third kappa shape index (κ3) is 2.10. The second kappa shape index (κ2) is 5.56. The Balaban J connectivity index is 1.78. The maximum Gasteiger partial charge on any atom is 0.315 e. The molecule has 1 saturated heterocycles. The van der Waals surface area contributed by atoms with Crippen molar-refractivity contribution in [2.75, 3.05) is 20.3 Å². The first-order valence-electron chi connectivity index (χ1n) is 9.90. The van der Waals surface area contributed by atoms with Crippen LogP contribution in [0.4, 0.5) is 0 Å². The van der Waals surface area contributed by atoms with Crippen molar-refractivity contribution < 1.29 is 19.0 Å². The molecule has 3 aliphatic carbocycles. The highest BCUT2D eigenvalue weighted by Gasteiger charge is 2.67. The molecule has 0 radical (unpaired) electrons. The maximum atomic E-state index is 12.8. The fourth-order valence-corrected chi connectivity index (χ4v) is 6.88. The average molecular weight is 348 g/mol. The number of methoxy groups -OCH3 is 1. The molecule has 1 spiro atoms. The average Bonchev–Trinajstić information content (AvgIpc) is 3.09. The summed E-state index contributed by atoms with van der Waals surface area (Å²) in [5.41, 5.74) is 0.916. The van der Waals surface area contributed by atoms with Gasteiger partial charge in [0.05, 0.1) is 25.7 Å². The number of rotatable bonds is 1. The van der Waals surface area contributed by atoms with E-state index in [1.165, 1.54) is 12.7 Å². The van der Waals surface area contributed by atoms with Crippen molar-refractivity contribution in [1.29, 1.82) is 0 Å². The molecular formula is C21H32O4. The molecule has 1 aliphatic heterocycles. The molecule has 0 N–H and O–H groups in total. The van der Waals surface area contributed by atoms with Crippen molar-refractivity contribution in [1.82, 2.24) is 0 Å². The fourth-order valence-electron chi connectivity index (χ4n) is 6.88. The number of hydrogen-bond acceptors (Lipinski definition) is 4. The molecule has 0 unspecified atom stereocenters. The highest BCUT2D eigenvalue weighted by atomic mass is 16.7. The highest BCUT2D eigenvalue weighted by Crippen LogP contribution is 2.69. The van der Waals surface area contributed by atoms with Gasteiger partial charge in [0.15, 0.2) is 5.79 Å². The van der Waals surface area contributed by atoms with E-state index in [9.17, 15) is 4.79 Å². The summed E-state index contributed by atoms with van der Waals surface area (Å²) in [6.07, 6.45) is 9.32. The zero-order valence-corrected chi connectivity index (χ0v) is 16.2. The van der Waals surface area contributed by atoms with E-state index in [-0.39, 0.29) is 16.8 Å². The predicted molar refractivity (Wildman–Crippen MR) is 94.9 cm³/mol. The molecule has 0 bridgehead atoms.